The fraction of sp³-hybridized carbons (Fsp3) is 0.667. The first-order valence-electron chi connectivity index (χ1n) is 9.97. The molecular weight excluding hydrogens is 326 g/mol. The molecule has 0 unspecified atom stereocenters. The number of piperidine rings is 1. The Labute approximate surface area is 157 Å². The van der Waals surface area contributed by atoms with Crippen molar-refractivity contribution in [2.45, 2.75) is 64.4 Å². The average molecular weight is 360 g/mol. The Morgan fingerprint density at radius 2 is 1.77 bits per heavy atom. The molecule has 1 aromatic rings. The van der Waals surface area contributed by atoms with E-state index in [0.717, 1.165) is 45.6 Å². The Morgan fingerprint density at radius 1 is 1.15 bits per heavy atom. The van der Waals surface area contributed by atoms with Crippen LogP contribution in [0.4, 0.5) is 0 Å². The first-order chi connectivity index (χ1) is 12.5. The van der Waals surface area contributed by atoms with E-state index in [2.05, 4.69) is 59.3 Å². The number of rotatable bonds is 5. The lowest BCUT2D eigenvalue weighted by Crippen LogP contribution is -2.56. The van der Waals surface area contributed by atoms with E-state index in [1.807, 2.05) is 6.92 Å². The smallest absolute Gasteiger partial charge is 0.237 e. The Balaban J connectivity index is 1.43. The van der Waals surface area contributed by atoms with E-state index in [9.17, 15) is 4.79 Å². The summed E-state index contributed by atoms with van der Waals surface area (Å²) in [7, 11) is 0. The van der Waals surface area contributed by atoms with Crippen molar-refractivity contribution >= 4 is 5.91 Å². The Bertz CT molecular complexity index is 562. The van der Waals surface area contributed by atoms with Crippen LogP contribution in [0.25, 0.3) is 0 Å². The molecule has 2 aliphatic rings. The molecule has 0 aromatic heterocycles. The number of morpholine rings is 1. The molecule has 5 heteroatoms. The second-order valence-electron chi connectivity index (χ2n) is 7.93. The quantitative estimate of drug-likeness (QED) is 0.876. The largest absolute Gasteiger partial charge is 0.373 e. The zero-order valence-electron chi connectivity index (χ0n) is 16.4. The molecule has 2 heterocycles. The summed E-state index contributed by atoms with van der Waals surface area (Å²) >= 11 is 0. The van der Waals surface area contributed by atoms with Crippen LogP contribution in [0.3, 0.4) is 0 Å². The highest BCUT2D eigenvalue weighted by Gasteiger charge is 2.30. The second-order valence-corrected chi connectivity index (χ2v) is 7.93. The van der Waals surface area contributed by atoms with Gasteiger partial charge in [0.2, 0.25) is 5.91 Å². The number of benzene rings is 1. The van der Waals surface area contributed by atoms with Gasteiger partial charge >= 0.3 is 0 Å². The van der Waals surface area contributed by atoms with Crippen LogP contribution in [0.2, 0.25) is 0 Å². The van der Waals surface area contributed by atoms with E-state index in [-0.39, 0.29) is 24.2 Å². The summed E-state index contributed by atoms with van der Waals surface area (Å²) in [4.78, 5) is 17.4. The predicted molar refractivity (Wildman–Crippen MR) is 104 cm³/mol. The van der Waals surface area contributed by atoms with Crippen LogP contribution in [0.5, 0.6) is 0 Å². The maximum Gasteiger partial charge on any atom is 0.237 e. The van der Waals surface area contributed by atoms with E-state index in [4.69, 9.17) is 4.74 Å². The lowest BCUT2D eigenvalue weighted by atomic mass is 10.0. The summed E-state index contributed by atoms with van der Waals surface area (Å²) in [5.74, 6) is 0.160. The first-order valence-corrected chi connectivity index (χ1v) is 9.97. The number of hydrogen-bond donors (Lipinski definition) is 1. The highest BCUT2D eigenvalue weighted by atomic mass is 16.5. The van der Waals surface area contributed by atoms with Crippen molar-refractivity contribution in [2.24, 2.45) is 0 Å². The van der Waals surface area contributed by atoms with Crippen molar-refractivity contribution in [3.63, 3.8) is 0 Å². The molecular formula is C21H33N3O2. The van der Waals surface area contributed by atoms with Gasteiger partial charge in [0.05, 0.1) is 18.2 Å². The maximum absolute atomic E-state index is 12.7. The van der Waals surface area contributed by atoms with Gasteiger partial charge in [-0.15, -0.1) is 0 Å². The zero-order valence-corrected chi connectivity index (χ0v) is 16.4. The van der Waals surface area contributed by atoms with Gasteiger partial charge in [-0.1, -0.05) is 30.3 Å². The van der Waals surface area contributed by atoms with E-state index in [0.29, 0.717) is 6.04 Å². The lowest BCUT2D eigenvalue weighted by molar-refractivity contribution is -0.132. The third-order valence-electron chi connectivity index (χ3n) is 5.56. The molecule has 2 aliphatic heterocycles. The number of likely N-dealkylation sites (tertiary alicyclic amines) is 1. The summed E-state index contributed by atoms with van der Waals surface area (Å²) in [6.07, 6.45) is 2.44. The minimum atomic E-state index is -0.0915. The number of amides is 1. The van der Waals surface area contributed by atoms with Gasteiger partial charge in [-0.3, -0.25) is 14.6 Å². The predicted octanol–water partition coefficient (Wildman–Crippen LogP) is 2.26. The molecule has 1 aromatic carbocycles. The molecule has 1 amide bonds. The van der Waals surface area contributed by atoms with Crippen LogP contribution >= 0.6 is 0 Å². The van der Waals surface area contributed by atoms with E-state index >= 15 is 0 Å². The molecule has 0 radical (unpaired) electrons. The standard InChI is InChI=1S/C21H33N3O2/c1-16-13-24(14-17(2)26-16)18(3)21(25)22-20-9-11-23(12-10-20)15-19-7-5-4-6-8-19/h4-8,16-18,20H,9-15H2,1-3H3,(H,22,25)/t16-,17+,18-/m1/s1. The third kappa shape index (κ3) is 5.29. The van der Waals surface area contributed by atoms with Crippen molar-refractivity contribution in [2.75, 3.05) is 26.2 Å². The summed E-state index contributed by atoms with van der Waals surface area (Å²) in [5, 5.41) is 3.28. The summed E-state index contributed by atoms with van der Waals surface area (Å²) in [6.45, 7) is 10.9. The van der Waals surface area contributed by atoms with Gasteiger partial charge in [0.25, 0.3) is 0 Å². The van der Waals surface area contributed by atoms with Gasteiger partial charge in [-0.2, -0.15) is 0 Å². The number of ether oxygens (including phenoxy) is 1. The molecule has 3 rings (SSSR count). The summed E-state index contributed by atoms with van der Waals surface area (Å²) in [5.41, 5.74) is 1.36. The number of carbonyl (C=O) groups is 1. The molecule has 3 atom stereocenters. The van der Waals surface area contributed by atoms with E-state index in [1.54, 1.807) is 0 Å². The second kappa shape index (κ2) is 8.98. The van der Waals surface area contributed by atoms with Crippen LogP contribution in [0.1, 0.15) is 39.2 Å². The van der Waals surface area contributed by atoms with Gasteiger partial charge in [0.15, 0.2) is 0 Å². The summed E-state index contributed by atoms with van der Waals surface area (Å²) in [6, 6.07) is 10.8. The molecule has 2 saturated heterocycles. The fourth-order valence-corrected chi connectivity index (χ4v) is 4.10. The van der Waals surface area contributed by atoms with Gasteiger partial charge < -0.3 is 10.1 Å². The van der Waals surface area contributed by atoms with Crippen LogP contribution in [0.15, 0.2) is 30.3 Å². The number of nitrogens with one attached hydrogen (secondary N) is 1. The normalized spacial score (nSPS) is 27.2. The number of hydrogen-bond acceptors (Lipinski definition) is 4. The number of carbonyl (C=O) groups excluding carboxylic acids is 1. The maximum atomic E-state index is 12.7. The highest BCUT2D eigenvalue weighted by Crippen LogP contribution is 2.16. The van der Waals surface area contributed by atoms with Crippen molar-refractivity contribution < 1.29 is 9.53 Å². The van der Waals surface area contributed by atoms with Crippen LogP contribution in [-0.2, 0) is 16.1 Å². The summed E-state index contributed by atoms with van der Waals surface area (Å²) < 4.78 is 5.78. The van der Waals surface area contributed by atoms with Crippen LogP contribution in [-0.4, -0.2) is 66.2 Å². The Kier molecular flexibility index (Phi) is 6.68. The van der Waals surface area contributed by atoms with Crippen LogP contribution in [0, 0.1) is 0 Å². The molecule has 144 valence electrons. The van der Waals surface area contributed by atoms with Gasteiger partial charge in [0, 0.05) is 38.8 Å². The molecule has 0 bridgehead atoms. The molecule has 0 spiro atoms. The molecule has 26 heavy (non-hydrogen) atoms. The molecule has 2 fully saturated rings. The number of nitrogens with zero attached hydrogens (tertiary/aromatic N) is 2. The van der Waals surface area contributed by atoms with E-state index in [1.165, 1.54) is 5.56 Å². The van der Waals surface area contributed by atoms with Crippen molar-refractivity contribution in [3.05, 3.63) is 35.9 Å². The van der Waals surface area contributed by atoms with Gasteiger partial charge in [0.1, 0.15) is 0 Å². The van der Waals surface area contributed by atoms with Gasteiger partial charge in [-0.25, -0.2) is 0 Å². The monoisotopic (exact) mass is 359 g/mol. The SMILES string of the molecule is C[C@@H]1CN([C@H](C)C(=O)NC2CCN(Cc3ccccc3)CC2)C[C@H](C)O1. The van der Waals surface area contributed by atoms with Crippen molar-refractivity contribution in [1.29, 1.82) is 0 Å². The molecule has 1 N–H and O–H groups in total. The molecule has 0 aliphatic carbocycles. The fourth-order valence-electron chi connectivity index (χ4n) is 4.10. The van der Waals surface area contributed by atoms with Crippen molar-refractivity contribution in [3.8, 4) is 0 Å². The van der Waals surface area contributed by atoms with Crippen LogP contribution < -0.4 is 5.32 Å². The minimum Gasteiger partial charge on any atom is -0.373 e. The lowest BCUT2D eigenvalue weighted by Gasteiger charge is -2.39. The van der Waals surface area contributed by atoms with E-state index < -0.39 is 0 Å². The first kappa shape index (κ1) is 19.3. The third-order valence-corrected chi connectivity index (χ3v) is 5.56. The molecule has 0 saturated carbocycles. The zero-order chi connectivity index (χ0) is 18.5. The molecule has 5 nitrogen and oxygen atoms in total. The Morgan fingerprint density at radius 3 is 2.38 bits per heavy atom. The highest BCUT2D eigenvalue weighted by molar-refractivity contribution is 5.81. The average Bonchev–Trinajstić information content (AvgIpc) is 2.63. The Hall–Kier alpha value is -1.43. The van der Waals surface area contributed by atoms with Gasteiger partial charge in [-0.05, 0) is 39.2 Å². The minimum absolute atomic E-state index is 0.0915. The topological polar surface area (TPSA) is 44.8 Å². The van der Waals surface area contributed by atoms with Crippen molar-refractivity contribution in [1.82, 2.24) is 15.1 Å².